The molecule has 0 spiro atoms. The minimum Gasteiger partial charge on any atom is -0.461 e. The van der Waals surface area contributed by atoms with Crippen LogP contribution in [-0.4, -0.2) is 4.98 Å². The van der Waals surface area contributed by atoms with Crippen LogP contribution < -0.4 is 5.73 Å². The predicted octanol–water partition coefficient (Wildman–Crippen LogP) is 3.50. The minimum absolute atomic E-state index is 0.0995. The Morgan fingerprint density at radius 2 is 2.44 bits per heavy atom. The molecule has 0 bridgehead atoms. The van der Waals surface area contributed by atoms with Gasteiger partial charge in [0.2, 0.25) is 0 Å². The summed E-state index contributed by atoms with van der Waals surface area (Å²) in [6.45, 7) is 0. The Balaban J connectivity index is 2.08. The number of hydrogen-bond acceptors (Lipinski definition) is 4. The minimum atomic E-state index is 0.0995. The molecule has 5 heteroatoms. The van der Waals surface area contributed by atoms with Gasteiger partial charge in [0.25, 0.3) is 0 Å². The Morgan fingerprint density at radius 1 is 1.56 bits per heavy atom. The van der Waals surface area contributed by atoms with Gasteiger partial charge in [-0.05, 0) is 41.3 Å². The summed E-state index contributed by atoms with van der Waals surface area (Å²) >= 11 is 5.15. The molecule has 3 rings (SSSR count). The van der Waals surface area contributed by atoms with Crippen molar-refractivity contribution in [3.8, 4) is 10.8 Å². The summed E-state index contributed by atoms with van der Waals surface area (Å²) in [5, 5.41) is 0.930. The maximum atomic E-state index is 6.05. The SMILES string of the molecule is NC1CCCc2sc(-c3occc3Br)nc21. The number of furan rings is 1. The van der Waals surface area contributed by atoms with Gasteiger partial charge in [0.1, 0.15) is 0 Å². The van der Waals surface area contributed by atoms with Gasteiger partial charge in [0.15, 0.2) is 10.8 Å². The Kier molecular flexibility index (Phi) is 2.61. The van der Waals surface area contributed by atoms with Crippen molar-refractivity contribution < 1.29 is 4.42 Å². The maximum Gasteiger partial charge on any atom is 0.176 e. The molecule has 84 valence electrons. The van der Waals surface area contributed by atoms with Crippen LogP contribution in [0, 0.1) is 0 Å². The van der Waals surface area contributed by atoms with Gasteiger partial charge in [-0.2, -0.15) is 0 Å². The first-order valence-electron chi connectivity index (χ1n) is 5.24. The van der Waals surface area contributed by atoms with Crippen LogP contribution in [0.4, 0.5) is 0 Å². The number of halogens is 1. The summed E-state index contributed by atoms with van der Waals surface area (Å²) in [7, 11) is 0. The van der Waals surface area contributed by atoms with Crippen LogP contribution >= 0.6 is 27.3 Å². The zero-order valence-corrected chi connectivity index (χ0v) is 11.0. The van der Waals surface area contributed by atoms with Crippen molar-refractivity contribution in [1.29, 1.82) is 0 Å². The van der Waals surface area contributed by atoms with Crippen molar-refractivity contribution >= 4 is 27.3 Å². The molecule has 0 aromatic carbocycles. The van der Waals surface area contributed by atoms with Gasteiger partial charge < -0.3 is 10.2 Å². The summed E-state index contributed by atoms with van der Waals surface area (Å²) in [5.41, 5.74) is 7.12. The van der Waals surface area contributed by atoms with Crippen LogP contribution in [0.5, 0.6) is 0 Å². The second-order valence-corrected chi connectivity index (χ2v) is 5.86. The lowest BCUT2D eigenvalue weighted by molar-refractivity contribution is 0.560. The Morgan fingerprint density at radius 3 is 3.12 bits per heavy atom. The van der Waals surface area contributed by atoms with E-state index in [9.17, 15) is 0 Å². The highest BCUT2D eigenvalue weighted by Crippen LogP contribution is 2.38. The summed E-state index contributed by atoms with van der Waals surface area (Å²) < 4.78 is 6.37. The van der Waals surface area contributed by atoms with E-state index in [0.29, 0.717) is 0 Å². The largest absolute Gasteiger partial charge is 0.461 e. The third kappa shape index (κ3) is 1.63. The van der Waals surface area contributed by atoms with Gasteiger partial charge in [-0.15, -0.1) is 11.3 Å². The molecule has 1 atom stereocenters. The second kappa shape index (κ2) is 3.98. The molecular formula is C11H11BrN2OS. The molecule has 0 amide bonds. The summed E-state index contributed by atoms with van der Waals surface area (Å²) in [6.07, 6.45) is 4.96. The van der Waals surface area contributed by atoms with Crippen LogP contribution in [0.25, 0.3) is 10.8 Å². The van der Waals surface area contributed by atoms with Crippen LogP contribution in [0.1, 0.15) is 29.5 Å². The smallest absolute Gasteiger partial charge is 0.176 e. The number of thiazole rings is 1. The molecule has 16 heavy (non-hydrogen) atoms. The number of rotatable bonds is 1. The summed E-state index contributed by atoms with van der Waals surface area (Å²) in [5.74, 6) is 0.812. The van der Waals surface area contributed by atoms with E-state index in [1.807, 2.05) is 6.07 Å². The van der Waals surface area contributed by atoms with Gasteiger partial charge in [0.05, 0.1) is 16.4 Å². The van der Waals surface area contributed by atoms with E-state index in [2.05, 4.69) is 20.9 Å². The molecule has 0 radical (unpaired) electrons. The molecule has 0 saturated heterocycles. The first-order chi connectivity index (χ1) is 7.75. The van der Waals surface area contributed by atoms with E-state index in [4.69, 9.17) is 10.2 Å². The molecule has 1 aliphatic rings. The fraction of sp³-hybridized carbons (Fsp3) is 0.364. The van der Waals surface area contributed by atoms with E-state index < -0.39 is 0 Å². The van der Waals surface area contributed by atoms with Crippen LogP contribution in [0.2, 0.25) is 0 Å². The van der Waals surface area contributed by atoms with Gasteiger partial charge in [-0.3, -0.25) is 0 Å². The molecule has 2 N–H and O–H groups in total. The summed E-state index contributed by atoms with van der Waals surface area (Å²) in [4.78, 5) is 5.92. The van der Waals surface area contributed by atoms with Crippen molar-refractivity contribution in [2.24, 2.45) is 5.73 Å². The highest BCUT2D eigenvalue weighted by molar-refractivity contribution is 9.10. The molecule has 1 unspecified atom stereocenters. The van der Waals surface area contributed by atoms with Crippen molar-refractivity contribution in [1.82, 2.24) is 4.98 Å². The number of nitrogens with two attached hydrogens (primary N) is 1. The van der Waals surface area contributed by atoms with E-state index >= 15 is 0 Å². The maximum absolute atomic E-state index is 6.05. The lowest BCUT2D eigenvalue weighted by atomic mass is 9.99. The molecule has 0 saturated carbocycles. The van der Waals surface area contributed by atoms with Crippen LogP contribution in [0.15, 0.2) is 21.2 Å². The van der Waals surface area contributed by atoms with Crippen molar-refractivity contribution in [3.63, 3.8) is 0 Å². The fourth-order valence-electron chi connectivity index (χ4n) is 2.00. The van der Waals surface area contributed by atoms with E-state index in [-0.39, 0.29) is 6.04 Å². The molecule has 1 aliphatic carbocycles. The molecule has 0 fully saturated rings. The highest BCUT2D eigenvalue weighted by Gasteiger charge is 2.23. The number of aryl methyl sites for hydroxylation is 1. The van der Waals surface area contributed by atoms with Gasteiger partial charge in [0, 0.05) is 10.9 Å². The van der Waals surface area contributed by atoms with Gasteiger partial charge in [-0.25, -0.2) is 4.98 Å². The van der Waals surface area contributed by atoms with E-state index in [1.165, 1.54) is 4.88 Å². The monoisotopic (exact) mass is 298 g/mol. The fourth-order valence-corrected chi connectivity index (χ4v) is 3.69. The highest BCUT2D eigenvalue weighted by atomic mass is 79.9. The number of fused-ring (bicyclic) bond motifs is 1. The zero-order valence-electron chi connectivity index (χ0n) is 8.57. The Hall–Kier alpha value is -0.650. The second-order valence-electron chi connectivity index (χ2n) is 3.92. The normalized spacial score (nSPS) is 19.8. The third-order valence-corrected chi connectivity index (χ3v) is 4.56. The number of hydrogen-bond donors (Lipinski definition) is 1. The standard InChI is InChI=1S/C11H11BrN2OS/c12-6-4-5-15-10(6)11-14-9-7(13)2-1-3-8(9)16-11/h4-5,7H,1-3,13H2. The first-order valence-corrected chi connectivity index (χ1v) is 6.85. The third-order valence-electron chi connectivity index (χ3n) is 2.81. The van der Waals surface area contributed by atoms with Crippen molar-refractivity contribution in [2.45, 2.75) is 25.3 Å². The van der Waals surface area contributed by atoms with Crippen LogP contribution in [0.3, 0.4) is 0 Å². The van der Waals surface area contributed by atoms with E-state index in [1.54, 1.807) is 17.6 Å². The van der Waals surface area contributed by atoms with Crippen molar-refractivity contribution in [3.05, 3.63) is 27.4 Å². The molecule has 2 heterocycles. The number of aromatic nitrogens is 1. The van der Waals surface area contributed by atoms with Crippen LogP contribution in [-0.2, 0) is 6.42 Å². The first kappa shape index (κ1) is 10.5. The predicted molar refractivity (Wildman–Crippen MR) is 67.4 cm³/mol. The lowest BCUT2D eigenvalue weighted by Crippen LogP contribution is -2.16. The van der Waals surface area contributed by atoms with Gasteiger partial charge in [-0.1, -0.05) is 0 Å². The molecular weight excluding hydrogens is 288 g/mol. The quantitative estimate of drug-likeness (QED) is 0.876. The topological polar surface area (TPSA) is 52.0 Å². The molecule has 0 aliphatic heterocycles. The molecule has 2 aromatic heterocycles. The lowest BCUT2D eigenvalue weighted by Gasteiger charge is -2.15. The van der Waals surface area contributed by atoms with Crippen molar-refractivity contribution in [2.75, 3.05) is 0 Å². The molecule has 2 aromatic rings. The van der Waals surface area contributed by atoms with E-state index in [0.717, 1.165) is 40.2 Å². The average Bonchev–Trinajstić information content (AvgIpc) is 2.84. The van der Waals surface area contributed by atoms with Gasteiger partial charge >= 0.3 is 0 Å². The summed E-state index contributed by atoms with van der Waals surface area (Å²) in [6, 6.07) is 1.98. The molecule has 3 nitrogen and oxygen atoms in total. The Labute approximate surface area is 106 Å². The Bertz CT molecular complexity index is 520. The number of nitrogens with zero attached hydrogens (tertiary/aromatic N) is 1. The average molecular weight is 299 g/mol. The zero-order chi connectivity index (χ0) is 11.1.